The minimum absolute atomic E-state index is 0.0699. The highest BCUT2D eigenvalue weighted by Gasteiger charge is 2.24. The third-order valence-electron chi connectivity index (χ3n) is 2.48. The Hall–Kier alpha value is -2.26. The van der Waals surface area contributed by atoms with Crippen molar-refractivity contribution in [2.45, 2.75) is 11.8 Å². The van der Waals surface area contributed by atoms with Crippen LogP contribution in [0.1, 0.15) is 12.5 Å². The van der Waals surface area contributed by atoms with Crippen molar-refractivity contribution in [1.29, 1.82) is 0 Å². The number of amides is 1. The van der Waals surface area contributed by atoms with E-state index in [2.05, 4.69) is 4.98 Å². The van der Waals surface area contributed by atoms with E-state index in [1.807, 2.05) is 0 Å². The third-order valence-corrected chi connectivity index (χ3v) is 4.36. The Morgan fingerprint density at radius 3 is 2.62 bits per heavy atom. The zero-order chi connectivity index (χ0) is 16.0. The smallest absolute Gasteiger partial charge is 0.328 e. The van der Waals surface area contributed by atoms with Gasteiger partial charge in [-0.05, 0) is 17.7 Å². The van der Waals surface area contributed by atoms with E-state index in [0.29, 0.717) is 5.56 Å². The molecule has 1 aromatic rings. The second-order valence-corrected chi connectivity index (χ2v) is 5.96. The fourth-order valence-corrected chi connectivity index (χ4v) is 2.94. The number of nitrogens with two attached hydrogens (primary N) is 1. The number of carbonyl (C=O) groups excluding carboxylic acids is 1. The molecule has 3 N–H and O–H groups in total. The first kappa shape index (κ1) is 16.8. The van der Waals surface area contributed by atoms with Crippen LogP contribution in [0.5, 0.6) is 0 Å². The molecule has 0 saturated carbocycles. The molecule has 9 heteroatoms. The normalized spacial score (nSPS) is 11.9. The van der Waals surface area contributed by atoms with Crippen molar-refractivity contribution in [3.63, 3.8) is 0 Å². The summed E-state index contributed by atoms with van der Waals surface area (Å²) in [5.41, 5.74) is 5.33. The molecule has 1 amide bonds. The molecule has 8 nitrogen and oxygen atoms in total. The zero-order valence-electron chi connectivity index (χ0n) is 11.3. The first-order valence-corrected chi connectivity index (χ1v) is 7.36. The standard InChI is InChI=1S/C12H15N3O5S/c1-2-15(8-11(13)16)21(19,20)10-5-9(6-14-7-10)3-4-12(17)18/h3-7H,2,8H2,1H3,(H2,13,16)(H,17,18)/b4-3+. The first-order chi connectivity index (χ1) is 9.77. The van der Waals surface area contributed by atoms with E-state index in [9.17, 15) is 18.0 Å². The van der Waals surface area contributed by atoms with Gasteiger partial charge in [0.05, 0.1) is 6.54 Å². The lowest BCUT2D eigenvalue weighted by molar-refractivity contribution is -0.131. The Balaban J connectivity index is 3.16. The van der Waals surface area contributed by atoms with Gasteiger partial charge in [-0.2, -0.15) is 4.31 Å². The Morgan fingerprint density at radius 2 is 2.10 bits per heavy atom. The second kappa shape index (κ2) is 6.95. The van der Waals surface area contributed by atoms with Crippen molar-refractivity contribution >= 4 is 28.0 Å². The molecule has 0 aliphatic heterocycles. The van der Waals surface area contributed by atoms with Crippen LogP contribution >= 0.6 is 0 Å². The molecule has 0 bridgehead atoms. The van der Waals surface area contributed by atoms with E-state index in [1.165, 1.54) is 18.3 Å². The molecular formula is C12H15N3O5S. The van der Waals surface area contributed by atoms with Gasteiger partial charge in [0.15, 0.2) is 0 Å². The minimum atomic E-state index is -3.92. The quantitative estimate of drug-likeness (QED) is 0.663. The molecule has 114 valence electrons. The predicted molar refractivity (Wildman–Crippen MR) is 74.5 cm³/mol. The number of sulfonamides is 1. The SMILES string of the molecule is CCN(CC(N)=O)S(=O)(=O)c1cncc(/C=C/C(=O)O)c1. The monoisotopic (exact) mass is 313 g/mol. The summed E-state index contributed by atoms with van der Waals surface area (Å²) < 4.78 is 25.6. The predicted octanol–water partition coefficient (Wildman–Crippen LogP) is -0.325. The van der Waals surface area contributed by atoms with Gasteiger partial charge in [0, 0.05) is 25.0 Å². The van der Waals surface area contributed by atoms with Crippen LogP contribution in [0.25, 0.3) is 6.08 Å². The van der Waals surface area contributed by atoms with E-state index in [1.54, 1.807) is 6.92 Å². The molecule has 1 rings (SSSR count). The lowest BCUT2D eigenvalue weighted by Gasteiger charge is -2.18. The number of aliphatic carboxylic acids is 1. The van der Waals surface area contributed by atoms with E-state index < -0.39 is 28.4 Å². The molecule has 1 heterocycles. The van der Waals surface area contributed by atoms with Crippen molar-refractivity contribution in [2.75, 3.05) is 13.1 Å². The van der Waals surface area contributed by atoms with Crippen molar-refractivity contribution in [2.24, 2.45) is 5.73 Å². The molecular weight excluding hydrogens is 298 g/mol. The van der Waals surface area contributed by atoms with Gasteiger partial charge < -0.3 is 10.8 Å². The van der Waals surface area contributed by atoms with Crippen molar-refractivity contribution < 1.29 is 23.1 Å². The molecule has 0 unspecified atom stereocenters. The van der Waals surface area contributed by atoms with Gasteiger partial charge in [0.25, 0.3) is 0 Å². The maximum Gasteiger partial charge on any atom is 0.328 e. The second-order valence-electron chi connectivity index (χ2n) is 4.02. The van der Waals surface area contributed by atoms with E-state index in [0.717, 1.165) is 16.6 Å². The largest absolute Gasteiger partial charge is 0.478 e. The first-order valence-electron chi connectivity index (χ1n) is 5.92. The number of likely N-dealkylation sites (N-methyl/N-ethyl adjacent to an activating group) is 1. The minimum Gasteiger partial charge on any atom is -0.478 e. The van der Waals surface area contributed by atoms with Crippen LogP contribution < -0.4 is 5.73 Å². The Morgan fingerprint density at radius 1 is 1.43 bits per heavy atom. The highest BCUT2D eigenvalue weighted by molar-refractivity contribution is 7.89. The maximum absolute atomic E-state index is 12.3. The average Bonchev–Trinajstić information content (AvgIpc) is 2.42. The number of nitrogens with zero attached hydrogens (tertiary/aromatic N) is 2. The molecule has 0 atom stereocenters. The topological polar surface area (TPSA) is 131 Å². The number of hydrogen-bond acceptors (Lipinski definition) is 5. The van der Waals surface area contributed by atoms with Crippen LogP contribution in [0.15, 0.2) is 29.4 Å². The lowest BCUT2D eigenvalue weighted by Crippen LogP contribution is -2.38. The number of primary amides is 1. The van der Waals surface area contributed by atoms with Crippen LogP contribution in [-0.2, 0) is 19.6 Å². The highest BCUT2D eigenvalue weighted by Crippen LogP contribution is 2.16. The summed E-state index contributed by atoms with van der Waals surface area (Å²) in [4.78, 5) is 25.0. The highest BCUT2D eigenvalue weighted by atomic mass is 32.2. The van der Waals surface area contributed by atoms with Gasteiger partial charge in [0.1, 0.15) is 4.90 Å². The zero-order valence-corrected chi connectivity index (χ0v) is 12.1. The molecule has 0 fully saturated rings. The van der Waals surface area contributed by atoms with Gasteiger partial charge in [-0.1, -0.05) is 6.92 Å². The summed E-state index contributed by atoms with van der Waals surface area (Å²) in [6.45, 7) is 1.20. The number of rotatable bonds is 7. The van der Waals surface area contributed by atoms with Crippen LogP contribution in [-0.4, -0.2) is 47.8 Å². The fourth-order valence-electron chi connectivity index (χ4n) is 1.52. The van der Waals surface area contributed by atoms with Crippen molar-refractivity contribution in [3.05, 3.63) is 30.1 Å². The summed E-state index contributed by atoms with van der Waals surface area (Å²) in [7, 11) is -3.92. The number of carboxylic acids is 1. The third kappa shape index (κ3) is 4.65. The van der Waals surface area contributed by atoms with Crippen LogP contribution in [0.4, 0.5) is 0 Å². The number of aromatic nitrogens is 1. The van der Waals surface area contributed by atoms with Crippen molar-refractivity contribution in [3.8, 4) is 0 Å². The summed E-state index contributed by atoms with van der Waals surface area (Å²) >= 11 is 0. The molecule has 0 aliphatic carbocycles. The summed E-state index contributed by atoms with van der Waals surface area (Å²) in [5, 5.41) is 8.54. The number of carboxylic acid groups (broad SMARTS) is 1. The maximum atomic E-state index is 12.3. The lowest BCUT2D eigenvalue weighted by atomic mass is 10.2. The number of carbonyl (C=O) groups is 2. The Bertz CT molecular complexity index is 669. The van der Waals surface area contributed by atoms with Gasteiger partial charge in [0.2, 0.25) is 15.9 Å². The van der Waals surface area contributed by atoms with E-state index in [4.69, 9.17) is 10.8 Å². The van der Waals surface area contributed by atoms with Gasteiger partial charge >= 0.3 is 5.97 Å². The molecule has 1 aromatic heterocycles. The fraction of sp³-hybridized carbons (Fsp3) is 0.250. The van der Waals surface area contributed by atoms with Crippen molar-refractivity contribution in [1.82, 2.24) is 9.29 Å². The number of hydrogen-bond donors (Lipinski definition) is 2. The molecule has 0 aliphatic rings. The van der Waals surface area contributed by atoms with E-state index in [-0.39, 0.29) is 11.4 Å². The van der Waals surface area contributed by atoms with Gasteiger partial charge in [-0.25, -0.2) is 13.2 Å². The van der Waals surface area contributed by atoms with E-state index >= 15 is 0 Å². The molecule has 0 spiro atoms. The van der Waals surface area contributed by atoms with Crippen LogP contribution in [0.2, 0.25) is 0 Å². The average molecular weight is 313 g/mol. The summed E-state index contributed by atoms with van der Waals surface area (Å²) in [5.74, 6) is -1.93. The van der Waals surface area contributed by atoms with Crippen LogP contribution in [0.3, 0.4) is 0 Å². The van der Waals surface area contributed by atoms with Gasteiger partial charge in [-0.3, -0.25) is 9.78 Å². The Kier molecular flexibility index (Phi) is 5.56. The summed E-state index contributed by atoms with van der Waals surface area (Å²) in [6.07, 6.45) is 4.53. The Labute approximate surface area is 121 Å². The molecule has 0 aromatic carbocycles. The molecule has 0 radical (unpaired) electrons. The van der Waals surface area contributed by atoms with Crippen LogP contribution in [0, 0.1) is 0 Å². The molecule has 0 saturated heterocycles. The number of pyridine rings is 1. The van der Waals surface area contributed by atoms with Gasteiger partial charge in [-0.15, -0.1) is 0 Å². The summed E-state index contributed by atoms with van der Waals surface area (Å²) in [6, 6.07) is 1.27. The molecule has 21 heavy (non-hydrogen) atoms.